The second-order valence-corrected chi connectivity index (χ2v) is 3.11. The van der Waals surface area contributed by atoms with Crippen LogP contribution in [0, 0.1) is 0 Å². The highest BCUT2D eigenvalue weighted by Crippen LogP contribution is 2.21. The molecular weight excluding hydrogens is 162 g/mol. The Bertz CT molecular complexity index is 417. The fourth-order valence-corrected chi connectivity index (χ4v) is 1.75. The summed E-state index contributed by atoms with van der Waals surface area (Å²) in [5.74, 6) is 0. The van der Waals surface area contributed by atoms with E-state index in [-0.39, 0.29) is 0 Å². The molecule has 68 valence electrons. The molecule has 0 aliphatic carbocycles. The molecule has 1 aromatic carbocycles. The quantitative estimate of drug-likeness (QED) is 0.701. The van der Waals surface area contributed by atoms with Crippen molar-refractivity contribution >= 4 is 11.1 Å². The van der Waals surface area contributed by atoms with E-state index in [4.69, 9.17) is 4.42 Å². The summed E-state index contributed by atoms with van der Waals surface area (Å²) in [6.07, 6.45) is 3.60. The maximum atomic E-state index is 5.25. The topological polar surface area (TPSA) is 26.0 Å². The molecule has 0 saturated carbocycles. The summed E-state index contributed by atoms with van der Waals surface area (Å²) >= 11 is 0. The maximum Gasteiger partial charge on any atom is 0.181 e. The van der Waals surface area contributed by atoms with E-state index in [0.717, 1.165) is 23.9 Å². The average molecular weight is 175 g/mol. The molecule has 0 fully saturated rings. The Morgan fingerprint density at radius 1 is 1.23 bits per heavy atom. The van der Waals surface area contributed by atoms with E-state index in [1.54, 1.807) is 0 Å². The lowest BCUT2D eigenvalue weighted by Crippen LogP contribution is -1.91. The van der Waals surface area contributed by atoms with Crippen LogP contribution in [0.15, 0.2) is 22.9 Å². The van der Waals surface area contributed by atoms with E-state index in [1.807, 2.05) is 6.07 Å². The van der Waals surface area contributed by atoms with Crippen LogP contribution in [0.2, 0.25) is 0 Å². The van der Waals surface area contributed by atoms with Gasteiger partial charge in [-0.05, 0) is 30.0 Å². The summed E-state index contributed by atoms with van der Waals surface area (Å²) in [6.45, 7) is 4.32. The fraction of sp³-hybridized carbons (Fsp3) is 0.364. The molecule has 0 saturated heterocycles. The maximum absolute atomic E-state index is 5.25. The van der Waals surface area contributed by atoms with E-state index in [1.165, 1.54) is 17.5 Å². The van der Waals surface area contributed by atoms with Gasteiger partial charge in [-0.1, -0.05) is 19.9 Å². The Hall–Kier alpha value is -1.31. The lowest BCUT2D eigenvalue weighted by Gasteiger charge is -2.04. The Labute approximate surface area is 77.6 Å². The zero-order valence-electron chi connectivity index (χ0n) is 8.00. The first-order valence-electron chi connectivity index (χ1n) is 4.70. The largest absolute Gasteiger partial charge is 0.443 e. The predicted octanol–water partition coefficient (Wildman–Crippen LogP) is 2.95. The Kier molecular flexibility index (Phi) is 2.05. The van der Waals surface area contributed by atoms with Gasteiger partial charge >= 0.3 is 0 Å². The first kappa shape index (κ1) is 8.30. The standard InChI is InChI=1S/C11H13NO/c1-3-8-5-6-10-11(9(8)4-2)12-7-13-10/h5-7H,3-4H2,1-2H3. The van der Waals surface area contributed by atoms with Crippen molar-refractivity contribution in [2.24, 2.45) is 0 Å². The van der Waals surface area contributed by atoms with Gasteiger partial charge in [0.25, 0.3) is 0 Å². The van der Waals surface area contributed by atoms with Gasteiger partial charge in [-0.3, -0.25) is 0 Å². The van der Waals surface area contributed by atoms with Gasteiger partial charge in [0.2, 0.25) is 0 Å². The van der Waals surface area contributed by atoms with Crippen molar-refractivity contribution in [3.8, 4) is 0 Å². The van der Waals surface area contributed by atoms with Gasteiger partial charge < -0.3 is 4.42 Å². The third kappa shape index (κ3) is 1.22. The Morgan fingerprint density at radius 3 is 2.77 bits per heavy atom. The van der Waals surface area contributed by atoms with E-state index in [2.05, 4.69) is 24.9 Å². The highest BCUT2D eigenvalue weighted by atomic mass is 16.3. The molecule has 2 heteroatoms. The van der Waals surface area contributed by atoms with Gasteiger partial charge in [0, 0.05) is 0 Å². The molecule has 0 bridgehead atoms. The average Bonchev–Trinajstić information content (AvgIpc) is 2.63. The first-order valence-corrected chi connectivity index (χ1v) is 4.70. The lowest BCUT2D eigenvalue weighted by atomic mass is 10.0. The van der Waals surface area contributed by atoms with E-state index < -0.39 is 0 Å². The fourth-order valence-electron chi connectivity index (χ4n) is 1.75. The van der Waals surface area contributed by atoms with Gasteiger partial charge in [-0.25, -0.2) is 4.98 Å². The van der Waals surface area contributed by atoms with Crippen LogP contribution in [0.25, 0.3) is 11.1 Å². The molecule has 0 radical (unpaired) electrons. The molecule has 2 rings (SSSR count). The third-order valence-corrected chi connectivity index (χ3v) is 2.44. The molecule has 0 spiro atoms. The second-order valence-electron chi connectivity index (χ2n) is 3.11. The lowest BCUT2D eigenvalue weighted by molar-refractivity contribution is 0.602. The summed E-state index contributed by atoms with van der Waals surface area (Å²) in [7, 11) is 0. The van der Waals surface area contributed by atoms with Gasteiger partial charge in [0.1, 0.15) is 5.52 Å². The van der Waals surface area contributed by atoms with Gasteiger partial charge in [0.05, 0.1) is 0 Å². The molecule has 0 aliphatic heterocycles. The van der Waals surface area contributed by atoms with E-state index in [0.29, 0.717) is 0 Å². The van der Waals surface area contributed by atoms with Crippen LogP contribution in [0.5, 0.6) is 0 Å². The van der Waals surface area contributed by atoms with E-state index in [9.17, 15) is 0 Å². The summed E-state index contributed by atoms with van der Waals surface area (Å²) in [6, 6.07) is 4.13. The molecule has 1 aromatic heterocycles. The van der Waals surface area contributed by atoms with Crippen molar-refractivity contribution in [1.29, 1.82) is 0 Å². The van der Waals surface area contributed by atoms with Crippen molar-refractivity contribution in [3.63, 3.8) is 0 Å². The van der Waals surface area contributed by atoms with Crippen LogP contribution < -0.4 is 0 Å². The van der Waals surface area contributed by atoms with Gasteiger partial charge in [-0.15, -0.1) is 0 Å². The zero-order chi connectivity index (χ0) is 9.26. The van der Waals surface area contributed by atoms with Crippen LogP contribution in [0.3, 0.4) is 0 Å². The van der Waals surface area contributed by atoms with Crippen molar-refractivity contribution in [2.75, 3.05) is 0 Å². The van der Waals surface area contributed by atoms with Gasteiger partial charge in [0.15, 0.2) is 12.0 Å². The molecule has 2 aromatic rings. The summed E-state index contributed by atoms with van der Waals surface area (Å²) in [5, 5.41) is 0. The minimum Gasteiger partial charge on any atom is -0.443 e. The number of fused-ring (bicyclic) bond motifs is 1. The highest BCUT2D eigenvalue weighted by Gasteiger charge is 2.07. The molecular formula is C11H13NO. The first-order chi connectivity index (χ1) is 6.36. The van der Waals surface area contributed by atoms with Crippen LogP contribution in [0.1, 0.15) is 25.0 Å². The highest BCUT2D eigenvalue weighted by molar-refractivity contribution is 5.77. The smallest absolute Gasteiger partial charge is 0.181 e. The van der Waals surface area contributed by atoms with Crippen LogP contribution in [-0.2, 0) is 12.8 Å². The number of benzene rings is 1. The molecule has 0 atom stereocenters. The number of rotatable bonds is 2. The summed E-state index contributed by atoms with van der Waals surface area (Å²) in [5.41, 5.74) is 4.63. The summed E-state index contributed by atoms with van der Waals surface area (Å²) < 4.78 is 5.25. The Balaban J connectivity index is 2.74. The molecule has 0 N–H and O–H groups in total. The van der Waals surface area contributed by atoms with Gasteiger partial charge in [-0.2, -0.15) is 0 Å². The third-order valence-electron chi connectivity index (χ3n) is 2.44. The second kappa shape index (κ2) is 3.21. The van der Waals surface area contributed by atoms with Crippen LogP contribution in [0.4, 0.5) is 0 Å². The van der Waals surface area contributed by atoms with Crippen molar-refractivity contribution in [2.45, 2.75) is 26.7 Å². The van der Waals surface area contributed by atoms with Crippen LogP contribution in [-0.4, -0.2) is 4.98 Å². The number of nitrogens with zero attached hydrogens (tertiary/aromatic N) is 1. The van der Waals surface area contributed by atoms with Crippen molar-refractivity contribution in [1.82, 2.24) is 4.98 Å². The molecule has 1 heterocycles. The number of hydrogen-bond acceptors (Lipinski definition) is 2. The SMILES string of the molecule is CCc1ccc2ocnc2c1CC. The molecule has 0 aliphatic rings. The van der Waals surface area contributed by atoms with Crippen LogP contribution >= 0.6 is 0 Å². The number of aromatic nitrogens is 1. The molecule has 0 amide bonds. The Morgan fingerprint density at radius 2 is 2.08 bits per heavy atom. The molecule has 0 unspecified atom stereocenters. The van der Waals surface area contributed by atoms with Crippen molar-refractivity contribution < 1.29 is 4.42 Å². The monoisotopic (exact) mass is 175 g/mol. The van der Waals surface area contributed by atoms with E-state index >= 15 is 0 Å². The number of aryl methyl sites for hydroxylation is 2. The molecule has 2 nitrogen and oxygen atoms in total. The minimum atomic E-state index is 0.897. The van der Waals surface area contributed by atoms with Crippen molar-refractivity contribution in [3.05, 3.63) is 29.7 Å². The summed E-state index contributed by atoms with van der Waals surface area (Å²) in [4.78, 5) is 4.23. The predicted molar refractivity (Wildman–Crippen MR) is 52.8 cm³/mol. The number of hydrogen-bond donors (Lipinski definition) is 0. The minimum absolute atomic E-state index is 0.897. The number of oxazole rings is 1. The normalized spacial score (nSPS) is 10.9. The molecule has 13 heavy (non-hydrogen) atoms. The zero-order valence-corrected chi connectivity index (χ0v) is 8.00.